The Morgan fingerprint density at radius 3 is 2.12 bits per heavy atom. The quantitative estimate of drug-likeness (QED) is 0.727. The Kier molecular flexibility index (Phi) is 4.41. The van der Waals surface area contributed by atoms with E-state index in [4.69, 9.17) is 11.6 Å². The molecule has 0 aromatic heterocycles. The summed E-state index contributed by atoms with van der Waals surface area (Å²) in [7, 11) is 0. The van der Waals surface area contributed by atoms with Crippen LogP contribution < -0.4 is 9.80 Å². The summed E-state index contributed by atoms with van der Waals surface area (Å²) in [5, 5.41) is -0.412. The molecule has 0 aliphatic carbocycles. The molecule has 0 N–H and O–H groups in total. The van der Waals surface area contributed by atoms with E-state index in [1.165, 1.54) is 17.0 Å². The molecule has 0 radical (unpaired) electrons. The molecule has 0 unspecified atom stereocenters. The predicted octanol–water partition coefficient (Wildman–Crippen LogP) is 5.20. The van der Waals surface area contributed by atoms with E-state index in [2.05, 4.69) is 0 Å². The largest absolute Gasteiger partial charge is 0.417 e. The van der Waals surface area contributed by atoms with Crippen LogP contribution in [-0.4, -0.2) is 19.1 Å². The van der Waals surface area contributed by atoms with E-state index >= 15 is 0 Å². The SMILES string of the molecule is O=C1N(c2ccccc2)CCCN1c1ccc(C(F)(F)F)c(Cl)c1. The molecular formula is C17H14ClF3N2O. The standard InChI is InChI=1S/C17H14ClF3N2O/c18-15-11-13(7-8-14(15)17(19,20)21)23-10-4-9-22(16(23)24)12-5-2-1-3-6-12/h1-3,5-8,11H,4,9-10H2. The molecule has 1 fully saturated rings. The molecular weight excluding hydrogens is 341 g/mol. The molecule has 126 valence electrons. The van der Waals surface area contributed by atoms with E-state index in [-0.39, 0.29) is 6.03 Å². The van der Waals surface area contributed by atoms with Gasteiger partial charge in [0.1, 0.15) is 0 Å². The molecule has 2 amide bonds. The lowest BCUT2D eigenvalue weighted by Gasteiger charge is -2.35. The first-order valence-electron chi connectivity index (χ1n) is 7.39. The Bertz CT molecular complexity index is 749. The number of anilines is 2. The lowest BCUT2D eigenvalue weighted by atomic mass is 10.1. The van der Waals surface area contributed by atoms with Gasteiger partial charge in [-0.15, -0.1) is 0 Å². The fourth-order valence-corrected chi connectivity index (χ4v) is 2.99. The monoisotopic (exact) mass is 354 g/mol. The highest BCUT2D eigenvalue weighted by Crippen LogP contribution is 2.37. The van der Waals surface area contributed by atoms with Gasteiger partial charge < -0.3 is 0 Å². The normalized spacial score (nSPS) is 15.8. The average molecular weight is 355 g/mol. The van der Waals surface area contributed by atoms with Gasteiger partial charge in [0.05, 0.1) is 10.6 Å². The third-order valence-corrected chi connectivity index (χ3v) is 4.18. The zero-order chi connectivity index (χ0) is 17.3. The molecule has 1 aliphatic heterocycles. The predicted molar refractivity (Wildman–Crippen MR) is 87.6 cm³/mol. The number of amides is 2. The van der Waals surface area contributed by atoms with Crippen molar-refractivity contribution in [2.24, 2.45) is 0 Å². The van der Waals surface area contributed by atoms with Gasteiger partial charge in [-0.05, 0) is 36.8 Å². The topological polar surface area (TPSA) is 23.6 Å². The maximum Gasteiger partial charge on any atom is 0.417 e. The molecule has 7 heteroatoms. The van der Waals surface area contributed by atoms with Crippen LogP contribution >= 0.6 is 11.6 Å². The number of hydrogen-bond acceptors (Lipinski definition) is 1. The van der Waals surface area contributed by atoms with Crippen LogP contribution in [0.2, 0.25) is 5.02 Å². The van der Waals surface area contributed by atoms with E-state index in [1.807, 2.05) is 30.3 Å². The smallest absolute Gasteiger partial charge is 0.294 e. The number of halogens is 4. The highest BCUT2D eigenvalue weighted by atomic mass is 35.5. The maximum atomic E-state index is 12.8. The average Bonchev–Trinajstić information content (AvgIpc) is 2.54. The van der Waals surface area contributed by atoms with E-state index < -0.39 is 16.8 Å². The summed E-state index contributed by atoms with van der Waals surface area (Å²) in [6.45, 7) is 0.998. The number of rotatable bonds is 2. The van der Waals surface area contributed by atoms with Crippen LogP contribution in [0.3, 0.4) is 0 Å². The van der Waals surface area contributed by atoms with Crippen LogP contribution in [0.5, 0.6) is 0 Å². The van der Waals surface area contributed by atoms with E-state index in [9.17, 15) is 18.0 Å². The fourth-order valence-electron chi connectivity index (χ4n) is 2.71. The molecule has 0 spiro atoms. The van der Waals surface area contributed by atoms with E-state index in [0.29, 0.717) is 25.2 Å². The van der Waals surface area contributed by atoms with Gasteiger partial charge in [-0.1, -0.05) is 29.8 Å². The highest BCUT2D eigenvalue weighted by Gasteiger charge is 2.34. The van der Waals surface area contributed by atoms with Gasteiger partial charge in [-0.3, -0.25) is 9.80 Å². The summed E-state index contributed by atoms with van der Waals surface area (Å²) in [5.74, 6) is 0. The summed E-state index contributed by atoms with van der Waals surface area (Å²) >= 11 is 5.76. The number of para-hydroxylation sites is 1. The van der Waals surface area contributed by atoms with Crippen molar-refractivity contribution in [3.05, 3.63) is 59.1 Å². The van der Waals surface area contributed by atoms with Gasteiger partial charge in [-0.2, -0.15) is 13.2 Å². The second kappa shape index (κ2) is 6.36. The summed E-state index contributed by atoms with van der Waals surface area (Å²) in [4.78, 5) is 15.8. The van der Waals surface area contributed by atoms with Crippen LogP contribution in [0.25, 0.3) is 0 Å². The third kappa shape index (κ3) is 3.19. The second-order valence-electron chi connectivity index (χ2n) is 5.44. The summed E-state index contributed by atoms with van der Waals surface area (Å²) in [6, 6.07) is 12.3. The highest BCUT2D eigenvalue weighted by molar-refractivity contribution is 6.31. The van der Waals surface area contributed by atoms with Gasteiger partial charge in [-0.25, -0.2) is 4.79 Å². The summed E-state index contributed by atoms with van der Waals surface area (Å²) in [5.41, 5.74) is 0.209. The first kappa shape index (κ1) is 16.6. The van der Waals surface area contributed by atoms with Gasteiger partial charge in [0.25, 0.3) is 0 Å². The van der Waals surface area contributed by atoms with Crippen molar-refractivity contribution in [3.8, 4) is 0 Å². The molecule has 1 aliphatic rings. The van der Waals surface area contributed by atoms with Crippen molar-refractivity contribution in [3.63, 3.8) is 0 Å². The Morgan fingerprint density at radius 2 is 1.54 bits per heavy atom. The molecule has 2 aromatic carbocycles. The first-order valence-corrected chi connectivity index (χ1v) is 7.76. The molecule has 24 heavy (non-hydrogen) atoms. The number of alkyl halides is 3. The van der Waals surface area contributed by atoms with Gasteiger partial charge in [0.2, 0.25) is 0 Å². The lowest BCUT2D eigenvalue weighted by Crippen LogP contribution is -2.49. The maximum absolute atomic E-state index is 12.8. The Morgan fingerprint density at radius 1 is 0.917 bits per heavy atom. The number of urea groups is 1. The van der Waals surface area contributed by atoms with Crippen molar-refractivity contribution < 1.29 is 18.0 Å². The Hall–Kier alpha value is -2.21. The minimum atomic E-state index is -4.52. The minimum absolute atomic E-state index is 0.275. The number of nitrogens with zero attached hydrogens (tertiary/aromatic N) is 2. The van der Waals surface area contributed by atoms with Crippen molar-refractivity contribution in [1.29, 1.82) is 0 Å². The number of carbonyl (C=O) groups excluding carboxylic acids is 1. The molecule has 1 heterocycles. The molecule has 1 saturated heterocycles. The van der Waals surface area contributed by atoms with Crippen molar-refractivity contribution >= 4 is 29.0 Å². The number of benzene rings is 2. The van der Waals surface area contributed by atoms with Crippen LogP contribution in [0.15, 0.2) is 48.5 Å². The zero-order valence-corrected chi connectivity index (χ0v) is 13.3. The van der Waals surface area contributed by atoms with Crippen molar-refractivity contribution in [2.45, 2.75) is 12.6 Å². The zero-order valence-electron chi connectivity index (χ0n) is 12.6. The minimum Gasteiger partial charge on any atom is -0.294 e. The van der Waals surface area contributed by atoms with Crippen LogP contribution in [-0.2, 0) is 6.18 Å². The number of carbonyl (C=O) groups is 1. The fraction of sp³-hybridized carbons (Fsp3) is 0.235. The number of hydrogen-bond donors (Lipinski definition) is 0. The first-order chi connectivity index (χ1) is 11.4. The van der Waals surface area contributed by atoms with Crippen LogP contribution in [0, 0.1) is 0 Å². The van der Waals surface area contributed by atoms with Gasteiger partial charge in [0.15, 0.2) is 0 Å². The van der Waals surface area contributed by atoms with Crippen LogP contribution in [0.4, 0.5) is 29.3 Å². The molecule has 3 nitrogen and oxygen atoms in total. The molecule has 0 bridgehead atoms. The van der Waals surface area contributed by atoms with Crippen LogP contribution in [0.1, 0.15) is 12.0 Å². The van der Waals surface area contributed by atoms with Gasteiger partial charge in [0, 0.05) is 24.5 Å². The van der Waals surface area contributed by atoms with Crippen molar-refractivity contribution in [2.75, 3.05) is 22.9 Å². The second-order valence-corrected chi connectivity index (χ2v) is 5.84. The molecule has 3 rings (SSSR count). The third-order valence-electron chi connectivity index (χ3n) is 3.86. The molecule has 0 saturated carbocycles. The van der Waals surface area contributed by atoms with Gasteiger partial charge >= 0.3 is 12.2 Å². The summed E-state index contributed by atoms with van der Waals surface area (Å²) in [6.07, 6.45) is -3.81. The lowest BCUT2D eigenvalue weighted by molar-refractivity contribution is -0.137. The van der Waals surface area contributed by atoms with Crippen molar-refractivity contribution in [1.82, 2.24) is 0 Å². The van der Waals surface area contributed by atoms with E-state index in [0.717, 1.165) is 11.8 Å². The summed E-state index contributed by atoms with van der Waals surface area (Å²) < 4.78 is 38.4. The molecule has 0 atom stereocenters. The van der Waals surface area contributed by atoms with E-state index in [1.54, 1.807) is 4.90 Å². The Labute approximate surface area is 142 Å². The Balaban J connectivity index is 1.89. The molecule has 2 aromatic rings.